The van der Waals surface area contributed by atoms with E-state index in [9.17, 15) is 0 Å². The van der Waals surface area contributed by atoms with Crippen LogP contribution in [-0.2, 0) is 0 Å². The van der Waals surface area contributed by atoms with Crippen molar-refractivity contribution in [2.24, 2.45) is 0 Å². The topological polar surface area (TPSA) is 0 Å². The minimum atomic E-state index is 0. The zero-order valence-electron chi connectivity index (χ0n) is 6.36. The Hall–Kier alpha value is 7.25. The molecule has 0 saturated carbocycles. The van der Waals surface area contributed by atoms with Crippen LogP contribution in [0.3, 0.4) is 0 Å². The molecule has 0 aliphatic rings. The van der Waals surface area contributed by atoms with E-state index in [1.54, 1.807) is 0 Å². The minimum Gasteiger partial charge on any atom is -3.00 e. The van der Waals surface area contributed by atoms with Gasteiger partial charge in [-0.2, -0.15) is 0 Å². The summed E-state index contributed by atoms with van der Waals surface area (Å²) in [6, 6.07) is 0. The fourth-order valence-corrected chi connectivity index (χ4v) is 0. The monoisotopic (exact) mass is 783 g/mol. The summed E-state index contributed by atoms with van der Waals surface area (Å²) in [7, 11) is 0. The molecule has 0 aliphatic heterocycles. The molecule has 13 heavy (non-hydrogen) atoms. The first kappa shape index (κ1) is 143. The first-order valence-electron chi connectivity index (χ1n) is 0. The second-order valence-corrected chi connectivity index (χ2v) is 0. The van der Waals surface area contributed by atoms with Gasteiger partial charge in [0.1, 0.15) is 0 Å². The van der Waals surface area contributed by atoms with Crippen molar-refractivity contribution in [2.45, 2.75) is 0 Å². The predicted molar refractivity (Wildman–Crippen MR) is 83.0 cm³/mol. The van der Waals surface area contributed by atoms with E-state index in [1.165, 1.54) is 0 Å². The van der Waals surface area contributed by atoms with Gasteiger partial charge < -0.3 is 69.3 Å². The molecule has 0 amide bonds. The molecule has 0 N–H and O–H groups in total. The Bertz CT molecular complexity index is 18.9. The second-order valence-electron chi connectivity index (χ2n) is 0. The van der Waals surface area contributed by atoms with Crippen molar-refractivity contribution < 1.29 is 0 Å². The molecule has 0 spiro atoms. The maximum Gasteiger partial charge on any atom is 4.00 e. The zero-order chi connectivity index (χ0) is 0. The van der Waals surface area contributed by atoms with Crippen molar-refractivity contribution in [3.63, 3.8) is 0 Å². The molecule has 13 heteroatoms. The van der Waals surface area contributed by atoms with Crippen molar-refractivity contribution >= 4 is 200 Å². The standard InChI is InChI=1S/3Ge.3In.7P/q3*+4;3*+3;7*-3. The molecule has 0 atom stereocenters. The van der Waals surface area contributed by atoms with E-state index in [4.69, 9.17) is 0 Å². The molecule has 0 aromatic carbocycles. The van der Waals surface area contributed by atoms with Gasteiger partial charge in [-0.15, -0.1) is 0 Å². The summed E-state index contributed by atoms with van der Waals surface area (Å²) < 4.78 is 0. The largest absolute Gasteiger partial charge is 4.00 e. The van der Waals surface area contributed by atoms with Crippen LogP contribution < -0.4 is 0 Å². The summed E-state index contributed by atoms with van der Waals surface area (Å²) in [6.45, 7) is 0. The van der Waals surface area contributed by atoms with Gasteiger partial charge in [-0.1, -0.05) is 0 Å². The van der Waals surface area contributed by atoms with Crippen molar-refractivity contribution in [3.8, 4) is 0 Å². The molecular formula is Ge3In3P7. The van der Waals surface area contributed by atoms with E-state index < -0.39 is 0 Å². The van der Waals surface area contributed by atoms with Gasteiger partial charge in [-0.25, -0.2) is 0 Å². The fourth-order valence-electron chi connectivity index (χ4n) is 0. The number of hydrogen-bond donors (Lipinski definition) is 0. The number of hydrogen-bond acceptors (Lipinski definition) is 0. The van der Waals surface area contributed by atoms with Crippen LogP contribution in [0.25, 0.3) is 0 Å². The second kappa shape index (κ2) is 122. The van der Waals surface area contributed by atoms with Crippen LogP contribution in [0.5, 0.6) is 0 Å². The average molecular weight is 779 g/mol. The molecule has 0 nitrogen and oxygen atoms in total. The van der Waals surface area contributed by atoms with Gasteiger partial charge in [0.05, 0.1) is 0 Å². The maximum absolute atomic E-state index is 0. The smallest absolute Gasteiger partial charge is 3.00 e. The van der Waals surface area contributed by atoms with Crippen LogP contribution in [-0.4, -0.2) is 130 Å². The van der Waals surface area contributed by atoms with Gasteiger partial charge in [-0.05, 0) is 0 Å². The Balaban J connectivity index is 0. The maximum atomic E-state index is 0. The normalized spacial score (nSPS) is 0. The first-order chi connectivity index (χ1) is 0. The van der Waals surface area contributed by atoms with Crippen molar-refractivity contribution in [2.75, 3.05) is 0 Å². The van der Waals surface area contributed by atoms with E-state index in [1.807, 2.05) is 0 Å². The fraction of sp³-hybridized carbons (Fsp3) is 0. The Morgan fingerprint density at radius 1 is 0.231 bits per heavy atom. The Morgan fingerprint density at radius 2 is 0.231 bits per heavy atom. The van der Waals surface area contributed by atoms with Crippen LogP contribution >= 0.6 is 69.3 Å². The van der Waals surface area contributed by atoms with Gasteiger partial charge >= 0.3 is 130 Å². The van der Waals surface area contributed by atoms with Crippen molar-refractivity contribution in [1.82, 2.24) is 0 Å². The summed E-state index contributed by atoms with van der Waals surface area (Å²) in [5.41, 5.74) is 0. The molecule has 0 unspecified atom stereocenters. The molecule has 0 fully saturated rings. The molecule has 0 bridgehead atoms. The van der Waals surface area contributed by atoms with Crippen LogP contribution in [0.2, 0.25) is 0 Å². The van der Waals surface area contributed by atoms with E-state index in [0.29, 0.717) is 0 Å². The zero-order valence-corrected chi connectivity index (χ0v) is 28.8. The van der Waals surface area contributed by atoms with E-state index in [-0.39, 0.29) is 200 Å². The molecule has 0 aliphatic carbocycles. The Labute approximate surface area is 196 Å². The van der Waals surface area contributed by atoms with Crippen LogP contribution in [0.15, 0.2) is 0 Å². The Kier molecular flexibility index (Phi) is 1340. The van der Waals surface area contributed by atoms with Gasteiger partial charge in [0, 0.05) is 0 Å². The number of rotatable bonds is 0. The summed E-state index contributed by atoms with van der Waals surface area (Å²) in [5.74, 6) is 0. The van der Waals surface area contributed by atoms with Crippen LogP contribution in [0, 0.1) is 0 Å². The van der Waals surface area contributed by atoms with Crippen LogP contribution in [0.4, 0.5) is 0 Å². The third-order valence-electron chi connectivity index (χ3n) is 0. The molecule has 0 saturated heterocycles. The minimum absolute atomic E-state index is 0. The van der Waals surface area contributed by atoms with Crippen LogP contribution in [0.1, 0.15) is 0 Å². The summed E-state index contributed by atoms with van der Waals surface area (Å²) in [4.78, 5) is 0. The summed E-state index contributed by atoms with van der Waals surface area (Å²) in [5, 5.41) is 0. The molecule has 0 radical (unpaired) electrons. The van der Waals surface area contributed by atoms with E-state index >= 15 is 0 Å². The molecule has 56 valence electrons. The van der Waals surface area contributed by atoms with Gasteiger partial charge in [-0.3, -0.25) is 0 Å². The average Bonchev–Trinajstić information content (AvgIpc) is 0. The predicted octanol–water partition coefficient (Wildman–Crippen LogP) is 3.74. The molecule has 0 aromatic heterocycles. The molecule has 0 aromatic rings. The molecule has 0 rings (SSSR count). The third kappa shape index (κ3) is 109. The third-order valence-corrected chi connectivity index (χ3v) is 0. The SMILES string of the molecule is [Ge+4].[Ge+4].[Ge+4].[In+3].[In+3].[In+3].[P-3].[P-3].[P-3].[P-3].[P-3].[P-3].[P-3]. The summed E-state index contributed by atoms with van der Waals surface area (Å²) in [6.07, 6.45) is 0. The van der Waals surface area contributed by atoms with Gasteiger partial charge in [0.25, 0.3) is 0 Å². The van der Waals surface area contributed by atoms with Gasteiger partial charge in [0.2, 0.25) is 0 Å². The van der Waals surface area contributed by atoms with Crippen molar-refractivity contribution in [3.05, 3.63) is 0 Å². The van der Waals surface area contributed by atoms with E-state index in [2.05, 4.69) is 0 Å². The Morgan fingerprint density at radius 3 is 0.231 bits per heavy atom. The van der Waals surface area contributed by atoms with E-state index in [0.717, 1.165) is 0 Å². The van der Waals surface area contributed by atoms with Crippen molar-refractivity contribution in [1.29, 1.82) is 0 Å². The molecular weight excluding hydrogens is 779 g/mol. The first-order valence-corrected chi connectivity index (χ1v) is 0. The quantitative estimate of drug-likeness (QED) is 0.260. The van der Waals surface area contributed by atoms with Gasteiger partial charge in [0.15, 0.2) is 0 Å². The molecule has 0 heterocycles. The summed E-state index contributed by atoms with van der Waals surface area (Å²) >= 11 is 0.